The lowest BCUT2D eigenvalue weighted by Gasteiger charge is -2.24. The largest absolute Gasteiger partial charge is 0.455 e. The molecule has 0 amide bonds. The lowest BCUT2D eigenvalue weighted by atomic mass is 9.98. The first kappa shape index (κ1) is 40.4. The maximum absolute atomic E-state index is 11.7. The Morgan fingerprint density at radius 3 is 1.70 bits per heavy atom. The van der Waals surface area contributed by atoms with E-state index in [1.54, 1.807) is 0 Å². The number of cyclic esters (lactones) is 1. The Morgan fingerprint density at radius 1 is 0.638 bits per heavy atom. The molecule has 0 aromatic heterocycles. The molecule has 0 aliphatic carbocycles. The van der Waals surface area contributed by atoms with E-state index in [0.29, 0.717) is 24.8 Å². The third-order valence-electron chi connectivity index (χ3n) is 10.6. The summed E-state index contributed by atoms with van der Waals surface area (Å²) in [5.74, 6) is -0.286. The van der Waals surface area contributed by atoms with Crippen molar-refractivity contribution in [1.82, 2.24) is 0 Å². The zero-order chi connectivity index (χ0) is 33.9. The number of aliphatic hydroxyl groups excluding tert-OH is 4. The van der Waals surface area contributed by atoms with Crippen LogP contribution in [0.25, 0.3) is 0 Å². The quantitative estimate of drug-likeness (QED) is 0.0522. The van der Waals surface area contributed by atoms with Crippen LogP contribution in [-0.2, 0) is 19.0 Å². The Hall–Kier alpha value is -1.03. The molecule has 3 aliphatic heterocycles. The molecule has 274 valence electrons. The Bertz CT molecular complexity index is 864. The first-order valence-electron chi connectivity index (χ1n) is 19.7. The number of carbonyl (C=O) groups is 1. The molecule has 0 aromatic carbocycles. The van der Waals surface area contributed by atoms with Crippen molar-refractivity contribution in [1.29, 1.82) is 0 Å². The van der Waals surface area contributed by atoms with Crippen molar-refractivity contribution in [3.63, 3.8) is 0 Å². The second kappa shape index (κ2) is 23.4. The summed E-state index contributed by atoms with van der Waals surface area (Å²) in [7, 11) is 0. The maximum Gasteiger partial charge on any atom is 0.334 e. The summed E-state index contributed by atoms with van der Waals surface area (Å²) < 4.78 is 17.4. The number of ether oxygens (including phenoxy) is 3. The SMILES string of the molecule is CCCCCCCCCC[C@@H](O)[C@@H]1CC[C@H]([C@H](O)CC[C@@H](O)[C@H]2CC[C@H](CCCCCCCCC[C@H](O)CC3=C[C@H](C)OC3=O)O2)O1. The summed E-state index contributed by atoms with van der Waals surface area (Å²) in [4.78, 5) is 11.7. The molecule has 0 bridgehead atoms. The Balaban J connectivity index is 1.13. The lowest BCUT2D eigenvalue weighted by Crippen LogP contribution is -2.33. The smallest absolute Gasteiger partial charge is 0.334 e. The van der Waals surface area contributed by atoms with Gasteiger partial charge in [0.1, 0.15) is 6.10 Å². The standard InChI is InChI=1S/C39H70O8/c1-3-4-5-6-7-11-14-17-20-33(41)37-25-26-38(47-37)35(43)23-22-34(42)36-24-21-32(46-36)19-16-13-10-8-9-12-15-18-31(40)28-30-27-29(2)45-39(30)44/h27,29,31-38,40-43H,3-26,28H2,1-2H3/t29-,31-,32-,33+,34+,35+,36+,37-,38+/m0/s1. The van der Waals surface area contributed by atoms with Crippen LogP contribution < -0.4 is 0 Å². The highest BCUT2D eigenvalue weighted by Gasteiger charge is 2.36. The van der Waals surface area contributed by atoms with Gasteiger partial charge in [-0.05, 0) is 70.8 Å². The molecule has 47 heavy (non-hydrogen) atoms. The van der Waals surface area contributed by atoms with E-state index < -0.39 is 24.4 Å². The van der Waals surface area contributed by atoms with Gasteiger partial charge in [-0.1, -0.05) is 103 Å². The van der Waals surface area contributed by atoms with Crippen LogP contribution in [0.1, 0.15) is 174 Å². The summed E-state index contributed by atoms with van der Waals surface area (Å²) in [6, 6.07) is 0. The summed E-state index contributed by atoms with van der Waals surface area (Å²) in [6.07, 6.45) is 24.5. The molecule has 3 aliphatic rings. The average Bonchev–Trinajstić information content (AvgIpc) is 3.80. The normalized spacial score (nSPS) is 27.1. The molecule has 8 nitrogen and oxygen atoms in total. The molecule has 0 radical (unpaired) electrons. The van der Waals surface area contributed by atoms with Gasteiger partial charge in [0, 0.05) is 12.0 Å². The maximum atomic E-state index is 11.7. The van der Waals surface area contributed by atoms with E-state index in [1.165, 1.54) is 70.6 Å². The Morgan fingerprint density at radius 2 is 1.13 bits per heavy atom. The van der Waals surface area contributed by atoms with Crippen molar-refractivity contribution >= 4 is 5.97 Å². The number of hydrogen-bond donors (Lipinski definition) is 4. The summed E-state index contributed by atoms with van der Waals surface area (Å²) in [6.45, 7) is 4.08. The predicted octanol–water partition coefficient (Wildman–Crippen LogP) is 7.61. The van der Waals surface area contributed by atoms with Gasteiger partial charge in [0.2, 0.25) is 0 Å². The second-order valence-corrected chi connectivity index (χ2v) is 14.9. The van der Waals surface area contributed by atoms with Gasteiger partial charge in [-0.15, -0.1) is 0 Å². The van der Waals surface area contributed by atoms with E-state index in [2.05, 4.69) is 6.92 Å². The van der Waals surface area contributed by atoms with Gasteiger partial charge >= 0.3 is 5.97 Å². The van der Waals surface area contributed by atoms with Crippen molar-refractivity contribution in [2.24, 2.45) is 0 Å². The molecule has 8 heteroatoms. The molecule has 0 aromatic rings. The molecule has 2 saturated heterocycles. The van der Waals surface area contributed by atoms with Crippen LogP contribution in [0.3, 0.4) is 0 Å². The van der Waals surface area contributed by atoms with Crippen molar-refractivity contribution < 1.29 is 39.4 Å². The molecule has 0 saturated carbocycles. The van der Waals surface area contributed by atoms with Crippen LogP contribution in [0.15, 0.2) is 11.6 Å². The first-order valence-corrected chi connectivity index (χ1v) is 19.7. The fraction of sp³-hybridized carbons (Fsp3) is 0.923. The monoisotopic (exact) mass is 667 g/mol. The molecule has 3 heterocycles. The third-order valence-corrected chi connectivity index (χ3v) is 10.6. The fourth-order valence-electron chi connectivity index (χ4n) is 7.64. The van der Waals surface area contributed by atoms with E-state index in [0.717, 1.165) is 70.6 Å². The minimum Gasteiger partial charge on any atom is -0.455 e. The van der Waals surface area contributed by atoms with Gasteiger partial charge in [0.05, 0.1) is 48.8 Å². The highest BCUT2D eigenvalue weighted by Crippen LogP contribution is 2.31. The van der Waals surface area contributed by atoms with Crippen LogP contribution in [0.5, 0.6) is 0 Å². The van der Waals surface area contributed by atoms with Gasteiger partial charge in [-0.2, -0.15) is 0 Å². The zero-order valence-electron chi connectivity index (χ0n) is 29.9. The van der Waals surface area contributed by atoms with Gasteiger partial charge in [-0.25, -0.2) is 4.79 Å². The van der Waals surface area contributed by atoms with E-state index >= 15 is 0 Å². The van der Waals surface area contributed by atoms with Crippen LogP contribution >= 0.6 is 0 Å². The highest BCUT2D eigenvalue weighted by molar-refractivity contribution is 5.90. The minimum absolute atomic E-state index is 0.146. The van der Waals surface area contributed by atoms with Gasteiger partial charge in [-0.3, -0.25) is 0 Å². The number of carbonyl (C=O) groups excluding carboxylic acids is 1. The Labute approximate surface area is 286 Å². The molecule has 2 fully saturated rings. The molecular formula is C39H70O8. The highest BCUT2D eigenvalue weighted by atomic mass is 16.5. The summed E-state index contributed by atoms with van der Waals surface area (Å²) in [5, 5.41) is 42.4. The lowest BCUT2D eigenvalue weighted by molar-refractivity contribution is -0.139. The predicted molar refractivity (Wildman–Crippen MR) is 186 cm³/mol. The van der Waals surface area contributed by atoms with Crippen LogP contribution in [0, 0.1) is 0 Å². The van der Waals surface area contributed by atoms with Crippen LogP contribution in [-0.4, -0.2) is 81.3 Å². The second-order valence-electron chi connectivity index (χ2n) is 14.9. The number of esters is 1. The van der Waals surface area contributed by atoms with E-state index in [4.69, 9.17) is 14.2 Å². The van der Waals surface area contributed by atoms with Crippen molar-refractivity contribution in [3.05, 3.63) is 11.6 Å². The van der Waals surface area contributed by atoms with E-state index in [1.807, 2.05) is 13.0 Å². The third kappa shape index (κ3) is 16.0. The minimum atomic E-state index is -0.619. The topological polar surface area (TPSA) is 126 Å². The van der Waals surface area contributed by atoms with Crippen LogP contribution in [0.4, 0.5) is 0 Å². The first-order chi connectivity index (χ1) is 22.8. The molecule has 0 unspecified atom stereocenters. The van der Waals surface area contributed by atoms with Crippen molar-refractivity contribution in [3.8, 4) is 0 Å². The van der Waals surface area contributed by atoms with E-state index in [-0.39, 0.29) is 36.5 Å². The summed E-state index contributed by atoms with van der Waals surface area (Å²) >= 11 is 0. The number of unbranched alkanes of at least 4 members (excludes halogenated alkanes) is 13. The van der Waals surface area contributed by atoms with Gasteiger partial charge in [0.25, 0.3) is 0 Å². The number of hydrogen-bond acceptors (Lipinski definition) is 8. The molecule has 9 atom stereocenters. The van der Waals surface area contributed by atoms with Crippen LogP contribution in [0.2, 0.25) is 0 Å². The van der Waals surface area contributed by atoms with Crippen molar-refractivity contribution in [2.75, 3.05) is 0 Å². The molecule has 4 N–H and O–H groups in total. The Kier molecular flexibility index (Phi) is 20.1. The zero-order valence-corrected chi connectivity index (χ0v) is 29.9. The van der Waals surface area contributed by atoms with E-state index in [9.17, 15) is 25.2 Å². The summed E-state index contributed by atoms with van der Waals surface area (Å²) in [5.41, 5.74) is 0.611. The number of rotatable bonds is 27. The molecule has 0 spiro atoms. The number of aliphatic hydroxyl groups is 4. The van der Waals surface area contributed by atoms with Crippen molar-refractivity contribution in [2.45, 2.75) is 229 Å². The van der Waals surface area contributed by atoms with Gasteiger partial charge in [0.15, 0.2) is 0 Å². The average molecular weight is 667 g/mol. The molecule has 3 rings (SSSR count). The van der Waals surface area contributed by atoms with Gasteiger partial charge < -0.3 is 34.6 Å². The molecular weight excluding hydrogens is 596 g/mol. The fourth-order valence-corrected chi connectivity index (χ4v) is 7.64.